The number of rotatable bonds is 4. The number of aromatic nitrogens is 1. The van der Waals surface area contributed by atoms with E-state index in [9.17, 15) is 8.42 Å². The Balaban J connectivity index is 2.82. The lowest BCUT2D eigenvalue weighted by molar-refractivity contribution is 0.563. The van der Waals surface area contributed by atoms with Crippen molar-refractivity contribution in [3.63, 3.8) is 0 Å². The zero-order valence-electron chi connectivity index (χ0n) is 8.34. The predicted octanol–water partition coefficient (Wildman–Crippen LogP) is 0.772. The molecule has 0 aliphatic rings. The molecule has 0 aromatic carbocycles. The van der Waals surface area contributed by atoms with Gasteiger partial charge in [-0.3, -0.25) is 4.98 Å². The molecule has 80 valence electrons. The monoisotopic (exact) mass is 224 g/mol. The molecule has 1 unspecified atom stereocenters. The molecule has 5 heteroatoms. The Labute approximate surface area is 89.8 Å². The van der Waals surface area contributed by atoms with Gasteiger partial charge in [0, 0.05) is 24.9 Å². The summed E-state index contributed by atoms with van der Waals surface area (Å²) in [6.45, 7) is 1.72. The standard InChI is InChI=1S/C10H12N2O2S/c1-3-5-9(2)12-15(13,14)10-6-4-7-11-8-10/h1,4,6-9,12H,5H2,2H3. The van der Waals surface area contributed by atoms with Gasteiger partial charge in [-0.2, -0.15) is 0 Å². The first-order valence-electron chi connectivity index (χ1n) is 4.42. The van der Waals surface area contributed by atoms with Crippen LogP contribution in [0.15, 0.2) is 29.4 Å². The average Bonchev–Trinajstić information content (AvgIpc) is 2.18. The fourth-order valence-electron chi connectivity index (χ4n) is 1.06. The van der Waals surface area contributed by atoms with Gasteiger partial charge in [-0.1, -0.05) is 0 Å². The Kier molecular flexibility index (Phi) is 3.83. The van der Waals surface area contributed by atoms with Crippen molar-refractivity contribution < 1.29 is 8.42 Å². The first-order chi connectivity index (χ1) is 7.06. The average molecular weight is 224 g/mol. The van der Waals surface area contributed by atoms with E-state index in [1.165, 1.54) is 18.5 Å². The van der Waals surface area contributed by atoms with E-state index in [2.05, 4.69) is 15.6 Å². The van der Waals surface area contributed by atoms with Crippen molar-refractivity contribution in [2.24, 2.45) is 0 Å². The van der Waals surface area contributed by atoms with Crippen LogP contribution in [-0.2, 0) is 10.0 Å². The van der Waals surface area contributed by atoms with E-state index in [0.29, 0.717) is 6.42 Å². The number of nitrogens with one attached hydrogen (secondary N) is 1. The molecular weight excluding hydrogens is 212 g/mol. The summed E-state index contributed by atoms with van der Waals surface area (Å²) in [4.78, 5) is 3.89. The molecule has 1 N–H and O–H groups in total. The molecule has 1 heterocycles. The van der Waals surface area contributed by atoms with Crippen LogP contribution in [-0.4, -0.2) is 19.4 Å². The van der Waals surface area contributed by atoms with E-state index < -0.39 is 10.0 Å². The van der Waals surface area contributed by atoms with Gasteiger partial charge < -0.3 is 0 Å². The lowest BCUT2D eigenvalue weighted by Crippen LogP contribution is -2.32. The molecule has 1 aromatic rings. The second-order valence-corrected chi connectivity index (χ2v) is 4.83. The molecule has 1 rings (SSSR count). The van der Waals surface area contributed by atoms with Gasteiger partial charge in [0.2, 0.25) is 10.0 Å². The van der Waals surface area contributed by atoms with Gasteiger partial charge in [-0.15, -0.1) is 12.3 Å². The van der Waals surface area contributed by atoms with Gasteiger partial charge in [0.15, 0.2) is 0 Å². The third-order valence-corrected chi connectivity index (χ3v) is 3.30. The van der Waals surface area contributed by atoms with Crippen molar-refractivity contribution in [1.29, 1.82) is 0 Å². The molecule has 0 saturated heterocycles. The van der Waals surface area contributed by atoms with Gasteiger partial charge in [-0.25, -0.2) is 13.1 Å². The fraction of sp³-hybridized carbons (Fsp3) is 0.300. The van der Waals surface area contributed by atoms with Crippen LogP contribution in [0.4, 0.5) is 0 Å². The highest BCUT2D eigenvalue weighted by atomic mass is 32.2. The van der Waals surface area contributed by atoms with Gasteiger partial charge in [0.05, 0.1) is 0 Å². The van der Waals surface area contributed by atoms with Crippen LogP contribution in [0, 0.1) is 12.3 Å². The number of sulfonamides is 1. The molecule has 0 fully saturated rings. The maximum absolute atomic E-state index is 11.7. The van der Waals surface area contributed by atoms with Gasteiger partial charge >= 0.3 is 0 Å². The van der Waals surface area contributed by atoms with Crippen LogP contribution in [0.2, 0.25) is 0 Å². The van der Waals surface area contributed by atoms with Crippen molar-refractivity contribution >= 4 is 10.0 Å². The van der Waals surface area contributed by atoms with Crippen molar-refractivity contribution in [3.05, 3.63) is 24.5 Å². The van der Waals surface area contributed by atoms with Crippen LogP contribution in [0.25, 0.3) is 0 Å². The zero-order chi connectivity index (χ0) is 11.3. The number of hydrogen-bond acceptors (Lipinski definition) is 3. The van der Waals surface area contributed by atoms with Crippen LogP contribution >= 0.6 is 0 Å². The molecule has 0 bridgehead atoms. The molecule has 0 amide bonds. The quantitative estimate of drug-likeness (QED) is 0.768. The van der Waals surface area contributed by atoms with Crippen LogP contribution in [0.5, 0.6) is 0 Å². The van der Waals surface area contributed by atoms with Crippen LogP contribution < -0.4 is 4.72 Å². The van der Waals surface area contributed by atoms with E-state index in [0.717, 1.165) is 0 Å². The number of nitrogens with zero attached hydrogens (tertiary/aromatic N) is 1. The molecule has 0 aliphatic heterocycles. The minimum atomic E-state index is -3.49. The first kappa shape index (κ1) is 11.7. The molecule has 0 spiro atoms. The predicted molar refractivity (Wildman–Crippen MR) is 57.5 cm³/mol. The van der Waals surface area contributed by atoms with E-state index in [4.69, 9.17) is 6.42 Å². The Morgan fingerprint density at radius 2 is 2.40 bits per heavy atom. The van der Waals surface area contributed by atoms with Crippen LogP contribution in [0.3, 0.4) is 0 Å². The maximum Gasteiger partial charge on any atom is 0.242 e. The molecular formula is C10H12N2O2S. The zero-order valence-corrected chi connectivity index (χ0v) is 9.16. The lowest BCUT2D eigenvalue weighted by atomic mass is 10.3. The number of terminal acetylenes is 1. The summed E-state index contributed by atoms with van der Waals surface area (Å²) in [5.74, 6) is 2.40. The van der Waals surface area contributed by atoms with E-state index in [-0.39, 0.29) is 10.9 Å². The molecule has 1 aromatic heterocycles. The number of hydrogen-bond donors (Lipinski definition) is 1. The Morgan fingerprint density at radius 1 is 1.67 bits per heavy atom. The number of pyridine rings is 1. The molecule has 1 atom stereocenters. The Bertz CT molecular complexity index is 448. The highest BCUT2D eigenvalue weighted by Crippen LogP contribution is 2.06. The Morgan fingerprint density at radius 3 is 2.93 bits per heavy atom. The summed E-state index contributed by atoms with van der Waals surface area (Å²) in [5.41, 5.74) is 0. The minimum absolute atomic E-state index is 0.147. The largest absolute Gasteiger partial charge is 0.263 e. The van der Waals surface area contributed by atoms with Crippen molar-refractivity contribution in [2.45, 2.75) is 24.3 Å². The summed E-state index contributed by atoms with van der Waals surface area (Å²) < 4.78 is 25.9. The third-order valence-electron chi connectivity index (χ3n) is 1.73. The summed E-state index contributed by atoms with van der Waals surface area (Å²) in [6, 6.07) is 2.78. The summed E-state index contributed by atoms with van der Waals surface area (Å²) in [7, 11) is -3.49. The summed E-state index contributed by atoms with van der Waals surface area (Å²) in [5, 5.41) is 0. The van der Waals surface area contributed by atoms with E-state index >= 15 is 0 Å². The van der Waals surface area contributed by atoms with E-state index in [1.54, 1.807) is 13.0 Å². The van der Waals surface area contributed by atoms with Gasteiger partial charge in [0.1, 0.15) is 4.90 Å². The normalized spacial score (nSPS) is 13.1. The summed E-state index contributed by atoms with van der Waals surface area (Å²) in [6.07, 6.45) is 8.26. The van der Waals surface area contributed by atoms with Crippen LogP contribution in [0.1, 0.15) is 13.3 Å². The topological polar surface area (TPSA) is 59.1 Å². The fourth-order valence-corrected chi connectivity index (χ4v) is 2.26. The molecule has 0 aliphatic carbocycles. The van der Waals surface area contributed by atoms with Gasteiger partial charge in [0.25, 0.3) is 0 Å². The smallest absolute Gasteiger partial charge is 0.242 e. The van der Waals surface area contributed by atoms with Crippen molar-refractivity contribution in [3.8, 4) is 12.3 Å². The Hall–Kier alpha value is -1.38. The third kappa shape index (κ3) is 3.35. The second kappa shape index (κ2) is 4.91. The minimum Gasteiger partial charge on any atom is -0.263 e. The second-order valence-electron chi connectivity index (χ2n) is 3.12. The molecule has 0 saturated carbocycles. The van der Waals surface area contributed by atoms with Crippen molar-refractivity contribution in [1.82, 2.24) is 9.71 Å². The molecule has 15 heavy (non-hydrogen) atoms. The van der Waals surface area contributed by atoms with Gasteiger partial charge in [-0.05, 0) is 19.1 Å². The molecule has 0 radical (unpaired) electrons. The summed E-state index contributed by atoms with van der Waals surface area (Å²) >= 11 is 0. The lowest BCUT2D eigenvalue weighted by Gasteiger charge is -2.10. The highest BCUT2D eigenvalue weighted by Gasteiger charge is 2.16. The first-order valence-corrected chi connectivity index (χ1v) is 5.90. The van der Waals surface area contributed by atoms with E-state index in [1.807, 2.05) is 0 Å². The highest BCUT2D eigenvalue weighted by molar-refractivity contribution is 7.89. The maximum atomic E-state index is 11.7. The SMILES string of the molecule is C#CCC(C)NS(=O)(=O)c1cccnc1. The van der Waals surface area contributed by atoms with Crippen molar-refractivity contribution in [2.75, 3.05) is 0 Å². The molecule has 4 nitrogen and oxygen atoms in total.